The Balaban J connectivity index is 1.65. The molecule has 2 rings (SSSR count). The summed E-state index contributed by atoms with van der Waals surface area (Å²) in [6.45, 7) is 2.25. The van der Waals surface area contributed by atoms with E-state index in [1.54, 1.807) is 6.92 Å². The average molecular weight is 290 g/mol. The van der Waals surface area contributed by atoms with Gasteiger partial charge < -0.3 is 20.3 Å². The molecule has 0 saturated heterocycles. The van der Waals surface area contributed by atoms with Gasteiger partial charge in [-0.05, 0) is 18.9 Å². The maximum atomic E-state index is 11.5. The van der Waals surface area contributed by atoms with Crippen LogP contribution in [0.25, 0.3) is 0 Å². The van der Waals surface area contributed by atoms with Crippen molar-refractivity contribution in [3.63, 3.8) is 0 Å². The Kier molecular flexibility index (Phi) is 5.28. The molecule has 0 aliphatic carbocycles. The van der Waals surface area contributed by atoms with Gasteiger partial charge in [0.25, 0.3) is 0 Å². The molecule has 2 amide bonds. The zero-order valence-corrected chi connectivity index (χ0v) is 11.7. The Morgan fingerprint density at radius 3 is 2.76 bits per heavy atom. The minimum Gasteiger partial charge on any atom is -0.388 e. The second-order valence-electron chi connectivity index (χ2n) is 4.56. The molecule has 1 unspecified atom stereocenters. The number of aromatic nitrogens is 2. The summed E-state index contributed by atoms with van der Waals surface area (Å²) in [5.74, 6) is 0.880. The number of carbonyl (C=O) groups is 1. The number of nitrogens with zero attached hydrogens (tertiary/aromatic N) is 2. The summed E-state index contributed by atoms with van der Waals surface area (Å²) in [6, 6.07) is 8.98. The summed E-state index contributed by atoms with van der Waals surface area (Å²) in [7, 11) is 0. The van der Waals surface area contributed by atoms with Crippen LogP contribution in [0.3, 0.4) is 0 Å². The smallest absolute Gasteiger partial charge is 0.315 e. The Labute approximate surface area is 122 Å². The third-order valence-electron chi connectivity index (χ3n) is 2.86. The van der Waals surface area contributed by atoms with Gasteiger partial charge in [-0.15, -0.1) is 0 Å². The molecule has 3 N–H and O–H groups in total. The SMILES string of the molecule is Cc1noc(CNC(=O)NCCC(O)c2ccccc2)n1. The molecule has 7 nitrogen and oxygen atoms in total. The topological polar surface area (TPSA) is 100 Å². The number of hydrogen-bond acceptors (Lipinski definition) is 5. The quantitative estimate of drug-likeness (QED) is 0.744. The normalized spacial score (nSPS) is 11.9. The number of benzene rings is 1. The lowest BCUT2D eigenvalue weighted by molar-refractivity contribution is 0.167. The van der Waals surface area contributed by atoms with Gasteiger partial charge in [-0.2, -0.15) is 4.98 Å². The van der Waals surface area contributed by atoms with Crippen LogP contribution in [0, 0.1) is 6.92 Å². The number of rotatable bonds is 6. The maximum Gasteiger partial charge on any atom is 0.315 e. The number of amides is 2. The van der Waals surface area contributed by atoms with Gasteiger partial charge in [0.15, 0.2) is 5.82 Å². The molecule has 0 radical (unpaired) electrons. The van der Waals surface area contributed by atoms with E-state index in [9.17, 15) is 9.90 Å². The molecule has 21 heavy (non-hydrogen) atoms. The van der Waals surface area contributed by atoms with Gasteiger partial charge >= 0.3 is 6.03 Å². The molecule has 1 aromatic carbocycles. The standard InChI is InChI=1S/C14H18N4O3/c1-10-17-13(21-18-10)9-16-14(20)15-8-7-12(19)11-5-3-2-4-6-11/h2-6,12,19H,7-9H2,1H3,(H2,15,16,20). The van der Waals surface area contributed by atoms with Crippen molar-refractivity contribution >= 4 is 6.03 Å². The van der Waals surface area contributed by atoms with E-state index in [4.69, 9.17) is 4.52 Å². The van der Waals surface area contributed by atoms with Crippen LogP contribution in [0.5, 0.6) is 0 Å². The molecular weight excluding hydrogens is 272 g/mol. The van der Waals surface area contributed by atoms with E-state index in [0.29, 0.717) is 24.7 Å². The molecule has 112 valence electrons. The molecule has 1 aromatic heterocycles. The van der Waals surface area contributed by atoms with Gasteiger partial charge in [-0.25, -0.2) is 4.79 Å². The lowest BCUT2D eigenvalue weighted by Crippen LogP contribution is -2.36. The van der Waals surface area contributed by atoms with E-state index in [0.717, 1.165) is 5.56 Å². The number of urea groups is 1. The van der Waals surface area contributed by atoms with Crippen LogP contribution in [0.1, 0.15) is 29.8 Å². The zero-order chi connectivity index (χ0) is 15.1. The molecule has 2 aromatic rings. The first kappa shape index (κ1) is 15.0. The lowest BCUT2D eigenvalue weighted by Gasteiger charge is -2.11. The van der Waals surface area contributed by atoms with E-state index in [1.807, 2.05) is 30.3 Å². The fraction of sp³-hybridized carbons (Fsp3) is 0.357. The molecule has 0 aliphatic heterocycles. The summed E-state index contributed by atoms with van der Waals surface area (Å²) in [5.41, 5.74) is 0.834. The highest BCUT2D eigenvalue weighted by Gasteiger charge is 2.08. The average Bonchev–Trinajstić information content (AvgIpc) is 2.91. The third kappa shape index (κ3) is 4.88. The summed E-state index contributed by atoms with van der Waals surface area (Å²) >= 11 is 0. The Bertz CT molecular complexity index is 571. The predicted octanol–water partition coefficient (Wildman–Crippen LogP) is 1.30. The molecule has 0 saturated carbocycles. The lowest BCUT2D eigenvalue weighted by atomic mass is 10.1. The van der Waals surface area contributed by atoms with Crippen LogP contribution in [0.15, 0.2) is 34.9 Å². The van der Waals surface area contributed by atoms with Crippen LogP contribution < -0.4 is 10.6 Å². The van der Waals surface area contributed by atoms with E-state index >= 15 is 0 Å². The van der Waals surface area contributed by atoms with Crippen molar-refractivity contribution in [1.82, 2.24) is 20.8 Å². The van der Waals surface area contributed by atoms with Crippen LogP contribution in [-0.4, -0.2) is 27.8 Å². The first-order chi connectivity index (χ1) is 10.1. The molecule has 1 atom stereocenters. The minimum atomic E-state index is -0.593. The summed E-state index contributed by atoms with van der Waals surface area (Å²) in [6.07, 6.45) is -0.151. The summed E-state index contributed by atoms with van der Waals surface area (Å²) in [5, 5.41) is 18.8. The number of aliphatic hydroxyl groups is 1. The van der Waals surface area contributed by atoms with E-state index in [2.05, 4.69) is 20.8 Å². The second kappa shape index (κ2) is 7.39. The Morgan fingerprint density at radius 2 is 2.10 bits per heavy atom. The first-order valence-corrected chi connectivity index (χ1v) is 6.69. The Hall–Kier alpha value is -2.41. The van der Waals surface area contributed by atoms with Gasteiger partial charge in [0.1, 0.15) is 0 Å². The van der Waals surface area contributed by atoms with E-state index in [1.165, 1.54) is 0 Å². The number of carbonyl (C=O) groups excluding carboxylic acids is 1. The van der Waals surface area contributed by atoms with Crippen LogP contribution in [0.2, 0.25) is 0 Å². The van der Waals surface area contributed by atoms with Crippen LogP contribution in [-0.2, 0) is 6.54 Å². The molecule has 7 heteroatoms. The van der Waals surface area contributed by atoms with Crippen molar-refractivity contribution in [2.45, 2.75) is 26.0 Å². The van der Waals surface area contributed by atoms with Crippen molar-refractivity contribution in [2.75, 3.05) is 6.54 Å². The van der Waals surface area contributed by atoms with Gasteiger partial charge in [0, 0.05) is 6.54 Å². The van der Waals surface area contributed by atoms with Crippen molar-refractivity contribution in [1.29, 1.82) is 0 Å². The molecule has 1 heterocycles. The second-order valence-corrected chi connectivity index (χ2v) is 4.56. The maximum absolute atomic E-state index is 11.5. The highest BCUT2D eigenvalue weighted by Crippen LogP contribution is 2.14. The van der Waals surface area contributed by atoms with Crippen LogP contribution >= 0.6 is 0 Å². The van der Waals surface area contributed by atoms with E-state index in [-0.39, 0.29) is 12.6 Å². The monoisotopic (exact) mass is 290 g/mol. The Morgan fingerprint density at radius 1 is 1.33 bits per heavy atom. The number of aliphatic hydroxyl groups excluding tert-OH is 1. The number of nitrogens with one attached hydrogen (secondary N) is 2. The molecule has 0 spiro atoms. The van der Waals surface area contributed by atoms with Crippen molar-refractivity contribution < 1.29 is 14.4 Å². The largest absolute Gasteiger partial charge is 0.388 e. The highest BCUT2D eigenvalue weighted by atomic mass is 16.5. The van der Waals surface area contributed by atoms with Crippen molar-refractivity contribution in [3.8, 4) is 0 Å². The van der Waals surface area contributed by atoms with Gasteiger partial charge in [0.05, 0.1) is 12.6 Å². The van der Waals surface area contributed by atoms with Crippen molar-refractivity contribution in [2.24, 2.45) is 0 Å². The summed E-state index contributed by atoms with van der Waals surface area (Å²) in [4.78, 5) is 15.5. The van der Waals surface area contributed by atoms with Crippen LogP contribution in [0.4, 0.5) is 4.79 Å². The fourth-order valence-corrected chi connectivity index (χ4v) is 1.79. The first-order valence-electron chi connectivity index (χ1n) is 6.69. The third-order valence-corrected chi connectivity index (χ3v) is 2.86. The molecule has 0 aliphatic rings. The van der Waals surface area contributed by atoms with Gasteiger partial charge in [-0.3, -0.25) is 0 Å². The highest BCUT2D eigenvalue weighted by molar-refractivity contribution is 5.73. The predicted molar refractivity (Wildman–Crippen MR) is 75.3 cm³/mol. The van der Waals surface area contributed by atoms with Gasteiger partial charge in [-0.1, -0.05) is 35.5 Å². The zero-order valence-electron chi connectivity index (χ0n) is 11.7. The van der Waals surface area contributed by atoms with Crippen molar-refractivity contribution in [3.05, 3.63) is 47.6 Å². The summed E-state index contributed by atoms with van der Waals surface area (Å²) < 4.78 is 4.87. The number of hydrogen-bond donors (Lipinski definition) is 3. The fourth-order valence-electron chi connectivity index (χ4n) is 1.79. The minimum absolute atomic E-state index is 0.175. The number of aryl methyl sites for hydroxylation is 1. The van der Waals surface area contributed by atoms with Gasteiger partial charge in [0.2, 0.25) is 5.89 Å². The molecular formula is C14H18N4O3. The van der Waals surface area contributed by atoms with E-state index < -0.39 is 6.10 Å². The molecule has 0 bridgehead atoms. The molecule has 0 fully saturated rings.